The zero-order valence-electron chi connectivity index (χ0n) is 20.4. The van der Waals surface area contributed by atoms with Crippen LogP contribution in [0.4, 0.5) is 5.82 Å². The summed E-state index contributed by atoms with van der Waals surface area (Å²) in [6.07, 6.45) is 2.72. The van der Waals surface area contributed by atoms with Crippen LogP contribution in [0.15, 0.2) is 66.9 Å². The maximum absolute atomic E-state index is 14.2. The molecular formula is C28H31ClN4O2. The van der Waals surface area contributed by atoms with Crippen LogP contribution < -0.4 is 9.64 Å². The van der Waals surface area contributed by atoms with Gasteiger partial charge < -0.3 is 19.1 Å². The number of aryl methyl sites for hydroxylation is 2. The quantitative estimate of drug-likeness (QED) is 0.388. The summed E-state index contributed by atoms with van der Waals surface area (Å²) in [5, 5.41) is 0.985. The van der Waals surface area contributed by atoms with Gasteiger partial charge in [0.25, 0.3) is 5.91 Å². The molecule has 1 aliphatic heterocycles. The lowest BCUT2D eigenvalue weighted by molar-refractivity contribution is 0.0769. The number of nitrogens with zero attached hydrogens (tertiary/aromatic N) is 4. The lowest BCUT2D eigenvalue weighted by Gasteiger charge is -2.23. The molecule has 0 atom stereocenters. The van der Waals surface area contributed by atoms with Crippen molar-refractivity contribution in [3.05, 3.63) is 78.0 Å². The molecule has 0 unspecified atom stereocenters. The average Bonchev–Trinajstić information content (AvgIpc) is 3.01. The number of rotatable bonds is 4. The summed E-state index contributed by atoms with van der Waals surface area (Å²) < 4.78 is 7.81. The largest absolute Gasteiger partial charge is 0.496 e. The summed E-state index contributed by atoms with van der Waals surface area (Å²) >= 11 is 0. The first-order chi connectivity index (χ1) is 16.6. The van der Waals surface area contributed by atoms with Crippen LogP contribution in [-0.4, -0.2) is 53.6 Å². The van der Waals surface area contributed by atoms with E-state index in [4.69, 9.17) is 4.74 Å². The topological polar surface area (TPSA) is 50.6 Å². The number of carbonyl (C=O) groups is 1. The maximum atomic E-state index is 14.2. The zero-order chi connectivity index (χ0) is 23.7. The highest BCUT2D eigenvalue weighted by atomic mass is 35.5. The van der Waals surface area contributed by atoms with Crippen molar-refractivity contribution in [2.24, 2.45) is 7.05 Å². The number of halogens is 1. The second-order valence-corrected chi connectivity index (χ2v) is 8.82. The number of ether oxygens (including phenoxy) is 1. The third-order valence-electron chi connectivity index (χ3n) is 6.69. The van der Waals surface area contributed by atoms with Gasteiger partial charge in [0, 0.05) is 55.9 Å². The van der Waals surface area contributed by atoms with Gasteiger partial charge in [-0.15, -0.1) is 12.4 Å². The number of aromatic nitrogens is 2. The Bertz CT molecular complexity index is 1340. The summed E-state index contributed by atoms with van der Waals surface area (Å²) in [4.78, 5) is 22.9. The molecule has 0 radical (unpaired) electrons. The SMILES string of the molecule is COc1ccccc1-c1c(C(=O)N2CCCN(c3ccccn3)CC2)c2cc(C)ccc2n1C.Cl. The van der Waals surface area contributed by atoms with E-state index in [2.05, 4.69) is 39.6 Å². The average molecular weight is 491 g/mol. The molecule has 2 aromatic carbocycles. The molecule has 182 valence electrons. The molecule has 4 aromatic rings. The minimum absolute atomic E-state index is 0. The first kappa shape index (κ1) is 24.6. The van der Waals surface area contributed by atoms with Crippen LogP contribution in [0.2, 0.25) is 0 Å². The molecular weight excluding hydrogens is 460 g/mol. The highest BCUT2D eigenvalue weighted by Gasteiger charge is 2.29. The predicted octanol–water partition coefficient (Wildman–Crippen LogP) is 5.33. The molecule has 1 saturated heterocycles. The zero-order valence-corrected chi connectivity index (χ0v) is 21.2. The van der Waals surface area contributed by atoms with Crippen LogP contribution >= 0.6 is 12.4 Å². The Morgan fingerprint density at radius 2 is 1.77 bits per heavy atom. The summed E-state index contributed by atoms with van der Waals surface area (Å²) in [7, 11) is 3.70. The van der Waals surface area contributed by atoms with E-state index in [-0.39, 0.29) is 18.3 Å². The number of hydrogen-bond acceptors (Lipinski definition) is 4. The van der Waals surface area contributed by atoms with Crippen molar-refractivity contribution in [2.75, 3.05) is 38.2 Å². The lowest BCUT2D eigenvalue weighted by Crippen LogP contribution is -2.35. The summed E-state index contributed by atoms with van der Waals surface area (Å²) in [5.74, 6) is 1.80. The molecule has 0 bridgehead atoms. The molecule has 1 amide bonds. The summed E-state index contributed by atoms with van der Waals surface area (Å²) in [6, 6.07) is 20.2. The third-order valence-corrected chi connectivity index (χ3v) is 6.69. The van der Waals surface area contributed by atoms with Crippen molar-refractivity contribution in [3.63, 3.8) is 0 Å². The fourth-order valence-electron chi connectivity index (χ4n) is 4.98. The molecule has 3 heterocycles. The van der Waals surface area contributed by atoms with Crippen molar-refractivity contribution in [1.82, 2.24) is 14.5 Å². The smallest absolute Gasteiger partial charge is 0.256 e. The summed E-state index contributed by atoms with van der Waals surface area (Å²) in [5.41, 5.74) is 4.75. The number of hydrogen-bond donors (Lipinski definition) is 0. The van der Waals surface area contributed by atoms with Crippen molar-refractivity contribution in [2.45, 2.75) is 13.3 Å². The fraction of sp³-hybridized carbons (Fsp3) is 0.286. The van der Waals surface area contributed by atoms with Crippen molar-refractivity contribution >= 4 is 35.0 Å². The molecule has 1 aliphatic rings. The van der Waals surface area contributed by atoms with Crippen molar-refractivity contribution in [3.8, 4) is 17.0 Å². The van der Waals surface area contributed by atoms with E-state index >= 15 is 0 Å². The van der Waals surface area contributed by atoms with E-state index < -0.39 is 0 Å². The second kappa shape index (κ2) is 10.4. The number of benzene rings is 2. The predicted molar refractivity (Wildman–Crippen MR) is 144 cm³/mol. The van der Waals surface area contributed by atoms with Crippen LogP contribution in [-0.2, 0) is 7.05 Å². The number of carbonyl (C=O) groups excluding carboxylic acids is 1. The number of pyridine rings is 1. The van der Waals surface area contributed by atoms with Gasteiger partial charge in [0.15, 0.2) is 0 Å². The normalized spacial score (nSPS) is 13.9. The molecule has 35 heavy (non-hydrogen) atoms. The van der Waals surface area contributed by atoms with Gasteiger partial charge in [-0.25, -0.2) is 4.98 Å². The monoisotopic (exact) mass is 490 g/mol. The van der Waals surface area contributed by atoms with Gasteiger partial charge in [0.1, 0.15) is 11.6 Å². The van der Waals surface area contributed by atoms with Crippen molar-refractivity contribution < 1.29 is 9.53 Å². The van der Waals surface area contributed by atoms with E-state index in [0.717, 1.165) is 70.9 Å². The Hall–Kier alpha value is -3.51. The van der Waals surface area contributed by atoms with E-state index in [1.54, 1.807) is 7.11 Å². The molecule has 0 N–H and O–H groups in total. The number of amides is 1. The first-order valence-corrected chi connectivity index (χ1v) is 11.8. The van der Waals surface area contributed by atoms with Gasteiger partial charge in [0.05, 0.1) is 18.4 Å². The number of methoxy groups -OCH3 is 1. The van der Waals surface area contributed by atoms with E-state index in [1.165, 1.54) is 0 Å². The standard InChI is InChI=1S/C28H30N4O2.ClH/c1-20-12-13-23-22(19-20)26(27(30(23)2)21-9-4-5-10-24(21)34-3)28(33)32-16-8-15-31(17-18-32)25-11-6-7-14-29-25;/h4-7,9-14,19H,8,15-18H2,1-3H3;1H. The molecule has 0 aliphatic carbocycles. The molecule has 1 fully saturated rings. The molecule has 2 aromatic heterocycles. The highest BCUT2D eigenvalue weighted by Crippen LogP contribution is 2.38. The molecule has 6 nitrogen and oxygen atoms in total. The van der Waals surface area contributed by atoms with E-state index in [9.17, 15) is 4.79 Å². The molecule has 7 heteroatoms. The molecule has 5 rings (SSSR count). The fourth-order valence-corrected chi connectivity index (χ4v) is 4.98. The Balaban J connectivity index is 0.00000289. The van der Waals surface area contributed by atoms with E-state index in [1.807, 2.05) is 60.6 Å². The third kappa shape index (κ3) is 4.58. The van der Waals surface area contributed by atoms with Crippen LogP contribution in [0.1, 0.15) is 22.3 Å². The minimum atomic E-state index is 0. The van der Waals surface area contributed by atoms with Gasteiger partial charge in [-0.05, 0) is 49.7 Å². The van der Waals surface area contributed by atoms with Crippen LogP contribution in [0.3, 0.4) is 0 Å². The minimum Gasteiger partial charge on any atom is -0.496 e. The van der Waals surface area contributed by atoms with Gasteiger partial charge >= 0.3 is 0 Å². The van der Waals surface area contributed by atoms with Gasteiger partial charge in [0.2, 0.25) is 0 Å². The Morgan fingerprint density at radius 3 is 2.54 bits per heavy atom. The number of fused-ring (bicyclic) bond motifs is 1. The van der Waals surface area contributed by atoms with Crippen LogP contribution in [0.5, 0.6) is 5.75 Å². The van der Waals surface area contributed by atoms with Crippen molar-refractivity contribution in [1.29, 1.82) is 0 Å². The van der Waals surface area contributed by atoms with Gasteiger partial charge in [-0.3, -0.25) is 4.79 Å². The summed E-state index contributed by atoms with van der Waals surface area (Å²) in [6.45, 7) is 5.09. The molecule has 0 saturated carbocycles. The van der Waals surface area contributed by atoms with Crippen LogP contribution in [0, 0.1) is 6.92 Å². The van der Waals surface area contributed by atoms with E-state index in [0.29, 0.717) is 6.54 Å². The molecule has 0 spiro atoms. The Labute approximate surface area is 212 Å². The lowest BCUT2D eigenvalue weighted by atomic mass is 10.0. The Kier molecular flexibility index (Phi) is 7.31. The Morgan fingerprint density at radius 1 is 0.971 bits per heavy atom. The number of para-hydroxylation sites is 1. The second-order valence-electron chi connectivity index (χ2n) is 8.82. The highest BCUT2D eigenvalue weighted by molar-refractivity contribution is 6.13. The van der Waals surface area contributed by atoms with Crippen LogP contribution in [0.25, 0.3) is 22.2 Å². The van der Waals surface area contributed by atoms with Gasteiger partial charge in [-0.2, -0.15) is 0 Å². The maximum Gasteiger partial charge on any atom is 0.256 e. The number of anilines is 1. The first-order valence-electron chi connectivity index (χ1n) is 11.8. The van der Waals surface area contributed by atoms with Gasteiger partial charge in [-0.1, -0.05) is 29.8 Å².